The molecule has 3 rings (SSSR count). The van der Waals surface area contributed by atoms with Crippen LogP contribution in [0.5, 0.6) is 0 Å². The van der Waals surface area contributed by atoms with Gasteiger partial charge in [-0.25, -0.2) is 0 Å². The normalized spacial score (nSPS) is 17.2. The molecule has 1 saturated heterocycles. The maximum absolute atomic E-state index is 4.19. The quantitative estimate of drug-likeness (QED) is 0.841. The van der Waals surface area contributed by atoms with Crippen molar-refractivity contribution in [2.45, 2.75) is 25.8 Å². The number of hydrogen-bond donors (Lipinski definition) is 0. The molecule has 1 aromatic heterocycles. The summed E-state index contributed by atoms with van der Waals surface area (Å²) in [5.74, 6) is 0.850. The predicted molar refractivity (Wildman–Crippen MR) is 82.4 cm³/mol. The fourth-order valence-electron chi connectivity index (χ4n) is 3.05. The smallest absolute Gasteiger partial charge is 0.0312 e. The maximum atomic E-state index is 4.19. The summed E-state index contributed by atoms with van der Waals surface area (Å²) in [7, 11) is 0. The van der Waals surface area contributed by atoms with Gasteiger partial charge in [0.1, 0.15) is 0 Å². The first-order chi connectivity index (χ1) is 9.90. The Bertz CT molecular complexity index is 452. The van der Waals surface area contributed by atoms with Crippen molar-refractivity contribution >= 4 is 0 Å². The van der Waals surface area contributed by atoms with Gasteiger partial charge in [-0.05, 0) is 55.5 Å². The molecule has 1 aliphatic rings. The van der Waals surface area contributed by atoms with Crippen molar-refractivity contribution in [3.05, 3.63) is 66.0 Å². The number of rotatable bonds is 4. The lowest BCUT2D eigenvalue weighted by Crippen LogP contribution is -2.33. The van der Waals surface area contributed by atoms with Crippen molar-refractivity contribution < 1.29 is 0 Å². The van der Waals surface area contributed by atoms with Crippen molar-refractivity contribution in [3.8, 4) is 0 Å². The molecule has 104 valence electrons. The second-order valence-electron chi connectivity index (χ2n) is 5.77. The van der Waals surface area contributed by atoms with E-state index in [-0.39, 0.29) is 0 Å². The molecule has 2 heteroatoms. The average Bonchev–Trinajstić information content (AvgIpc) is 2.51. The van der Waals surface area contributed by atoms with Gasteiger partial charge in [0.15, 0.2) is 0 Å². The molecule has 20 heavy (non-hydrogen) atoms. The number of hydrogen-bond acceptors (Lipinski definition) is 2. The Balaban J connectivity index is 1.47. The van der Waals surface area contributed by atoms with Crippen LogP contribution in [-0.2, 0) is 13.0 Å². The van der Waals surface area contributed by atoms with Crippen molar-refractivity contribution in [2.75, 3.05) is 13.1 Å². The van der Waals surface area contributed by atoms with Gasteiger partial charge in [-0.3, -0.25) is 9.88 Å². The van der Waals surface area contributed by atoms with E-state index < -0.39 is 0 Å². The fourth-order valence-corrected chi connectivity index (χ4v) is 3.05. The Hall–Kier alpha value is -1.67. The Kier molecular flexibility index (Phi) is 4.44. The topological polar surface area (TPSA) is 16.1 Å². The molecule has 0 radical (unpaired) electrons. The lowest BCUT2D eigenvalue weighted by atomic mass is 9.90. The molecular formula is C18H22N2. The zero-order valence-electron chi connectivity index (χ0n) is 11.9. The molecule has 2 nitrogen and oxygen atoms in total. The highest BCUT2D eigenvalue weighted by molar-refractivity contribution is 5.15. The summed E-state index contributed by atoms with van der Waals surface area (Å²) in [5, 5.41) is 0. The van der Waals surface area contributed by atoms with E-state index in [4.69, 9.17) is 0 Å². The Morgan fingerprint density at radius 3 is 2.40 bits per heavy atom. The van der Waals surface area contributed by atoms with Gasteiger partial charge in [0.05, 0.1) is 0 Å². The molecule has 2 heterocycles. The van der Waals surface area contributed by atoms with E-state index in [0.29, 0.717) is 0 Å². The van der Waals surface area contributed by atoms with Crippen LogP contribution in [0.1, 0.15) is 24.0 Å². The zero-order valence-corrected chi connectivity index (χ0v) is 11.9. The zero-order chi connectivity index (χ0) is 13.6. The maximum Gasteiger partial charge on any atom is 0.0312 e. The first kappa shape index (κ1) is 13.3. The molecule has 0 atom stereocenters. The molecule has 2 aromatic rings. The fraction of sp³-hybridized carbons (Fsp3) is 0.389. The summed E-state index contributed by atoms with van der Waals surface area (Å²) >= 11 is 0. The van der Waals surface area contributed by atoms with E-state index in [1.165, 1.54) is 43.5 Å². The lowest BCUT2D eigenvalue weighted by Gasteiger charge is -2.32. The summed E-state index contributed by atoms with van der Waals surface area (Å²) in [6.45, 7) is 3.48. The molecule has 1 aromatic carbocycles. The van der Waals surface area contributed by atoms with Crippen molar-refractivity contribution in [3.63, 3.8) is 0 Å². The minimum absolute atomic E-state index is 0.850. The second-order valence-corrected chi connectivity index (χ2v) is 5.77. The van der Waals surface area contributed by atoms with Gasteiger partial charge in [0.25, 0.3) is 0 Å². The van der Waals surface area contributed by atoms with Crippen LogP contribution in [0.25, 0.3) is 0 Å². The number of likely N-dealkylation sites (tertiary alicyclic amines) is 1. The van der Waals surface area contributed by atoms with Gasteiger partial charge < -0.3 is 0 Å². The van der Waals surface area contributed by atoms with Crippen LogP contribution < -0.4 is 0 Å². The molecule has 0 aliphatic carbocycles. The van der Waals surface area contributed by atoms with E-state index in [2.05, 4.69) is 46.3 Å². The van der Waals surface area contributed by atoms with E-state index in [9.17, 15) is 0 Å². The molecule has 1 aliphatic heterocycles. The van der Waals surface area contributed by atoms with Crippen LogP contribution in [0.3, 0.4) is 0 Å². The van der Waals surface area contributed by atoms with Crippen LogP contribution in [-0.4, -0.2) is 23.0 Å². The van der Waals surface area contributed by atoms with Gasteiger partial charge in [-0.2, -0.15) is 0 Å². The van der Waals surface area contributed by atoms with E-state index >= 15 is 0 Å². The average molecular weight is 266 g/mol. The third kappa shape index (κ3) is 3.67. The largest absolute Gasteiger partial charge is 0.299 e. The molecule has 0 N–H and O–H groups in total. The highest BCUT2D eigenvalue weighted by Gasteiger charge is 2.19. The highest BCUT2D eigenvalue weighted by atomic mass is 15.1. The molecule has 0 amide bonds. The Labute approximate surface area is 121 Å². The predicted octanol–water partition coefficient (Wildman–Crippen LogP) is 3.54. The number of benzene rings is 1. The van der Waals surface area contributed by atoms with Crippen LogP contribution in [0.4, 0.5) is 0 Å². The Morgan fingerprint density at radius 2 is 1.70 bits per heavy atom. The minimum atomic E-state index is 0.850. The molecule has 1 fully saturated rings. The van der Waals surface area contributed by atoms with Gasteiger partial charge >= 0.3 is 0 Å². The molecular weight excluding hydrogens is 244 g/mol. The van der Waals surface area contributed by atoms with Gasteiger partial charge in [-0.15, -0.1) is 0 Å². The standard InChI is InChI=1S/C18H22N2/c1-2-5-16(6-3-1)13-17-8-11-20(12-9-17)15-18-7-4-10-19-14-18/h1-7,10,14,17H,8-9,11-13,15H2. The molecule has 0 spiro atoms. The summed E-state index contributed by atoms with van der Waals surface area (Å²) < 4.78 is 0. The van der Waals surface area contributed by atoms with Gasteiger partial charge in [-0.1, -0.05) is 36.4 Å². The van der Waals surface area contributed by atoms with Crippen molar-refractivity contribution in [1.29, 1.82) is 0 Å². The first-order valence-electron chi connectivity index (χ1n) is 7.55. The SMILES string of the molecule is c1ccc(CC2CCN(Cc3cccnc3)CC2)cc1. The van der Waals surface area contributed by atoms with Crippen LogP contribution in [0.15, 0.2) is 54.9 Å². The first-order valence-corrected chi connectivity index (χ1v) is 7.55. The molecule has 0 bridgehead atoms. The van der Waals surface area contributed by atoms with Crippen molar-refractivity contribution in [1.82, 2.24) is 9.88 Å². The third-order valence-corrected chi connectivity index (χ3v) is 4.20. The lowest BCUT2D eigenvalue weighted by molar-refractivity contribution is 0.177. The van der Waals surface area contributed by atoms with E-state index in [0.717, 1.165) is 12.5 Å². The minimum Gasteiger partial charge on any atom is -0.299 e. The monoisotopic (exact) mass is 266 g/mol. The number of piperidine rings is 1. The number of pyridine rings is 1. The number of nitrogens with zero attached hydrogens (tertiary/aromatic N) is 2. The van der Waals surface area contributed by atoms with Crippen LogP contribution in [0, 0.1) is 5.92 Å². The molecule has 0 saturated carbocycles. The number of aromatic nitrogens is 1. The van der Waals surface area contributed by atoms with Gasteiger partial charge in [0, 0.05) is 18.9 Å². The van der Waals surface area contributed by atoms with E-state index in [1.54, 1.807) is 0 Å². The second kappa shape index (κ2) is 6.67. The Morgan fingerprint density at radius 1 is 0.950 bits per heavy atom. The highest BCUT2D eigenvalue weighted by Crippen LogP contribution is 2.22. The summed E-state index contributed by atoms with van der Waals surface area (Å²) in [6.07, 6.45) is 7.69. The van der Waals surface area contributed by atoms with Crippen LogP contribution in [0.2, 0.25) is 0 Å². The third-order valence-electron chi connectivity index (χ3n) is 4.20. The molecule has 0 unspecified atom stereocenters. The summed E-state index contributed by atoms with van der Waals surface area (Å²) in [4.78, 5) is 6.75. The summed E-state index contributed by atoms with van der Waals surface area (Å²) in [5.41, 5.74) is 2.81. The van der Waals surface area contributed by atoms with E-state index in [1.807, 2.05) is 18.5 Å². The van der Waals surface area contributed by atoms with Gasteiger partial charge in [0.2, 0.25) is 0 Å². The summed E-state index contributed by atoms with van der Waals surface area (Å²) in [6, 6.07) is 15.1. The van der Waals surface area contributed by atoms with Crippen LogP contribution >= 0.6 is 0 Å². The van der Waals surface area contributed by atoms with Crippen molar-refractivity contribution in [2.24, 2.45) is 5.92 Å².